The molecule has 1 spiro atoms. The highest BCUT2D eigenvalue weighted by Gasteiger charge is 2.69. The third kappa shape index (κ3) is 3.31. The number of ether oxygens (including phenoxy) is 2. The minimum Gasteiger partial charge on any atom is -0.457 e. The van der Waals surface area contributed by atoms with Gasteiger partial charge in [0.15, 0.2) is 6.61 Å². The van der Waals surface area contributed by atoms with Gasteiger partial charge in [-0.1, -0.05) is 41.5 Å². The summed E-state index contributed by atoms with van der Waals surface area (Å²) in [6.45, 7) is 16.3. The van der Waals surface area contributed by atoms with Crippen molar-refractivity contribution in [2.45, 2.75) is 93.1 Å². The summed E-state index contributed by atoms with van der Waals surface area (Å²) in [6.07, 6.45) is 5.55. The molecule has 3 saturated carbocycles. The zero-order chi connectivity index (χ0) is 20.5. The molecule has 3 rings (SSSR count). The molecule has 27 heavy (non-hydrogen) atoms. The Bertz CT molecular complexity index is 637. The maximum absolute atomic E-state index is 12.8. The lowest BCUT2D eigenvalue weighted by Gasteiger charge is -2.48. The molecular weight excluding hydrogens is 340 g/mol. The van der Waals surface area contributed by atoms with Crippen LogP contribution in [0.3, 0.4) is 0 Å². The molecule has 3 fully saturated rings. The van der Waals surface area contributed by atoms with E-state index in [9.17, 15) is 9.59 Å². The van der Waals surface area contributed by atoms with E-state index in [1.165, 1.54) is 12.8 Å². The fraction of sp³-hybridized carbons (Fsp3) is 0.913. The molecule has 0 N–H and O–H groups in total. The first-order valence-electron chi connectivity index (χ1n) is 10.5. The largest absolute Gasteiger partial charge is 0.457 e. The second kappa shape index (κ2) is 5.97. The second-order valence-electron chi connectivity index (χ2n) is 11.9. The third-order valence-electron chi connectivity index (χ3n) is 8.73. The highest BCUT2D eigenvalue weighted by atomic mass is 16.6. The van der Waals surface area contributed by atoms with Crippen molar-refractivity contribution < 1.29 is 19.1 Å². The predicted molar refractivity (Wildman–Crippen MR) is 105 cm³/mol. The van der Waals surface area contributed by atoms with Crippen LogP contribution >= 0.6 is 0 Å². The van der Waals surface area contributed by atoms with Gasteiger partial charge in [-0.05, 0) is 74.0 Å². The normalized spacial score (nSPS) is 35.4. The molecule has 0 radical (unpaired) electrons. The maximum Gasteiger partial charge on any atom is 0.344 e. The highest BCUT2D eigenvalue weighted by Crippen LogP contribution is 2.73. The van der Waals surface area contributed by atoms with Crippen LogP contribution < -0.4 is 0 Å². The fourth-order valence-electron chi connectivity index (χ4n) is 5.87. The molecule has 0 aromatic heterocycles. The van der Waals surface area contributed by atoms with Crippen molar-refractivity contribution in [3.05, 3.63) is 0 Å². The summed E-state index contributed by atoms with van der Waals surface area (Å²) in [4.78, 5) is 25.3. The molecule has 4 atom stereocenters. The molecule has 0 aromatic rings. The van der Waals surface area contributed by atoms with Gasteiger partial charge in [0.2, 0.25) is 0 Å². The molecule has 154 valence electrons. The summed E-state index contributed by atoms with van der Waals surface area (Å²) in [5.41, 5.74) is -0.927. The summed E-state index contributed by atoms with van der Waals surface area (Å²) in [5.74, 6) is 0.621. The predicted octanol–water partition coefficient (Wildman–Crippen LogP) is 5.14. The van der Waals surface area contributed by atoms with E-state index in [4.69, 9.17) is 9.47 Å². The van der Waals surface area contributed by atoms with Crippen LogP contribution in [-0.4, -0.2) is 24.1 Å². The van der Waals surface area contributed by atoms with Crippen LogP contribution in [0.4, 0.5) is 0 Å². The van der Waals surface area contributed by atoms with Crippen LogP contribution in [0.15, 0.2) is 0 Å². The molecule has 0 aromatic carbocycles. The van der Waals surface area contributed by atoms with Crippen molar-refractivity contribution in [3.63, 3.8) is 0 Å². The molecule has 0 aliphatic heterocycles. The van der Waals surface area contributed by atoms with Gasteiger partial charge in [-0.2, -0.15) is 0 Å². The monoisotopic (exact) mass is 378 g/mol. The molecule has 0 heterocycles. The molecule has 3 aliphatic carbocycles. The number of hydrogen-bond donors (Lipinski definition) is 0. The van der Waals surface area contributed by atoms with E-state index in [0.29, 0.717) is 11.3 Å². The Kier molecular flexibility index (Phi) is 4.57. The lowest BCUT2D eigenvalue weighted by atomic mass is 9.55. The van der Waals surface area contributed by atoms with Crippen molar-refractivity contribution in [1.82, 2.24) is 0 Å². The van der Waals surface area contributed by atoms with E-state index in [1.807, 2.05) is 13.8 Å². The van der Waals surface area contributed by atoms with Crippen molar-refractivity contribution in [3.8, 4) is 0 Å². The highest BCUT2D eigenvalue weighted by molar-refractivity contribution is 5.80. The fourth-order valence-corrected chi connectivity index (χ4v) is 5.87. The standard InChI is InChI=1S/C23H38O4/c1-15-9-22-11-16(22)12-23(10-15,14-22)27-17(24)13-26-18(25)20(5,6)21(7,8)19(2,3)4/h15-16H,9-14H2,1-8H3. The minimum absolute atomic E-state index is 0.0770. The summed E-state index contributed by atoms with van der Waals surface area (Å²) < 4.78 is 11.4. The summed E-state index contributed by atoms with van der Waals surface area (Å²) in [6, 6.07) is 0. The zero-order valence-corrected chi connectivity index (χ0v) is 18.5. The number of esters is 2. The van der Waals surface area contributed by atoms with Gasteiger partial charge >= 0.3 is 11.9 Å². The Morgan fingerprint density at radius 3 is 2.19 bits per heavy atom. The van der Waals surface area contributed by atoms with Crippen molar-refractivity contribution in [2.75, 3.05) is 6.61 Å². The van der Waals surface area contributed by atoms with Gasteiger partial charge in [0.1, 0.15) is 5.60 Å². The first-order chi connectivity index (χ1) is 12.1. The van der Waals surface area contributed by atoms with Crippen molar-refractivity contribution >= 4 is 11.9 Å². The van der Waals surface area contributed by atoms with Gasteiger partial charge in [0.05, 0.1) is 5.41 Å². The van der Waals surface area contributed by atoms with Crippen LogP contribution in [0, 0.1) is 33.5 Å². The average Bonchev–Trinajstić information content (AvgIpc) is 3.04. The Balaban J connectivity index is 1.57. The maximum atomic E-state index is 12.8. The van der Waals surface area contributed by atoms with Crippen LogP contribution in [0.2, 0.25) is 0 Å². The lowest BCUT2D eigenvalue weighted by molar-refractivity contribution is -0.182. The Morgan fingerprint density at radius 1 is 0.963 bits per heavy atom. The van der Waals surface area contributed by atoms with Gasteiger partial charge < -0.3 is 9.47 Å². The number of carbonyl (C=O) groups excluding carboxylic acids is 2. The quantitative estimate of drug-likeness (QED) is 0.622. The van der Waals surface area contributed by atoms with Gasteiger partial charge in [-0.15, -0.1) is 0 Å². The van der Waals surface area contributed by atoms with Gasteiger partial charge in [-0.25, -0.2) is 4.79 Å². The smallest absolute Gasteiger partial charge is 0.344 e. The van der Waals surface area contributed by atoms with Gasteiger partial charge in [0.25, 0.3) is 0 Å². The number of rotatable bonds is 5. The molecule has 4 unspecified atom stereocenters. The SMILES string of the molecule is CC1CC2(OC(=O)COC(=O)C(C)(C)C(C)(C)C(C)(C)C)CC3CC3(C1)C2. The van der Waals surface area contributed by atoms with E-state index in [2.05, 4.69) is 41.5 Å². The summed E-state index contributed by atoms with van der Waals surface area (Å²) in [7, 11) is 0. The van der Waals surface area contributed by atoms with E-state index < -0.39 is 11.4 Å². The Labute approximate surface area is 164 Å². The first-order valence-corrected chi connectivity index (χ1v) is 10.5. The minimum atomic E-state index is -0.706. The Morgan fingerprint density at radius 2 is 1.59 bits per heavy atom. The van der Waals surface area contributed by atoms with E-state index in [-0.39, 0.29) is 29.0 Å². The van der Waals surface area contributed by atoms with Crippen LogP contribution in [0.1, 0.15) is 87.5 Å². The third-order valence-corrected chi connectivity index (χ3v) is 8.73. The van der Waals surface area contributed by atoms with E-state index in [0.717, 1.165) is 25.2 Å². The average molecular weight is 379 g/mol. The molecule has 3 aliphatic rings. The van der Waals surface area contributed by atoms with Crippen molar-refractivity contribution in [1.29, 1.82) is 0 Å². The molecule has 0 amide bonds. The second-order valence-corrected chi connectivity index (χ2v) is 11.9. The van der Waals surface area contributed by atoms with E-state index in [1.54, 1.807) is 0 Å². The Hall–Kier alpha value is -1.06. The summed E-state index contributed by atoms with van der Waals surface area (Å²) in [5, 5.41) is 0. The topological polar surface area (TPSA) is 52.6 Å². The molecule has 4 heteroatoms. The molecule has 2 bridgehead atoms. The number of hydrogen-bond acceptors (Lipinski definition) is 4. The van der Waals surface area contributed by atoms with Crippen LogP contribution in [-0.2, 0) is 19.1 Å². The number of carbonyl (C=O) groups is 2. The van der Waals surface area contributed by atoms with E-state index >= 15 is 0 Å². The zero-order valence-electron chi connectivity index (χ0n) is 18.5. The number of fused-ring (bicyclic) bond motifs is 1. The molecular formula is C23H38O4. The van der Waals surface area contributed by atoms with Crippen LogP contribution in [0.5, 0.6) is 0 Å². The van der Waals surface area contributed by atoms with Gasteiger partial charge in [0, 0.05) is 0 Å². The summed E-state index contributed by atoms with van der Waals surface area (Å²) >= 11 is 0. The van der Waals surface area contributed by atoms with Crippen LogP contribution in [0.25, 0.3) is 0 Å². The van der Waals surface area contributed by atoms with Gasteiger partial charge in [-0.3, -0.25) is 4.79 Å². The first kappa shape index (κ1) is 20.7. The lowest BCUT2D eigenvalue weighted by Crippen LogP contribution is -2.48. The molecule has 0 saturated heterocycles. The van der Waals surface area contributed by atoms with Crippen molar-refractivity contribution in [2.24, 2.45) is 33.5 Å². The molecule has 4 nitrogen and oxygen atoms in total.